The minimum atomic E-state index is -0.149. The van der Waals surface area contributed by atoms with Crippen LogP contribution in [0.4, 0.5) is 0 Å². The molecule has 0 spiro atoms. The van der Waals surface area contributed by atoms with E-state index in [2.05, 4.69) is 15.3 Å². The van der Waals surface area contributed by atoms with E-state index in [1.807, 2.05) is 53.4 Å². The fourth-order valence-corrected chi connectivity index (χ4v) is 3.59. The Bertz CT molecular complexity index is 1190. The minimum absolute atomic E-state index is 0.149. The lowest BCUT2D eigenvalue weighted by Gasteiger charge is -2.09. The summed E-state index contributed by atoms with van der Waals surface area (Å²) in [6.07, 6.45) is 7.32. The Morgan fingerprint density at radius 1 is 1.06 bits per heavy atom. The van der Waals surface area contributed by atoms with Gasteiger partial charge < -0.3 is 14.8 Å². The summed E-state index contributed by atoms with van der Waals surface area (Å²) in [5.74, 6) is 1.67. The Hall–Kier alpha value is -3.78. The van der Waals surface area contributed by atoms with Crippen LogP contribution in [0.15, 0.2) is 84.4 Å². The zero-order valence-corrected chi connectivity index (χ0v) is 18.5. The van der Waals surface area contributed by atoms with E-state index in [1.165, 1.54) is 0 Å². The van der Waals surface area contributed by atoms with Gasteiger partial charge in [-0.3, -0.25) is 9.36 Å². The molecule has 0 saturated carbocycles. The van der Waals surface area contributed by atoms with E-state index in [0.717, 1.165) is 16.4 Å². The van der Waals surface area contributed by atoms with Crippen LogP contribution in [-0.4, -0.2) is 33.8 Å². The van der Waals surface area contributed by atoms with Crippen molar-refractivity contribution in [3.05, 3.63) is 90.4 Å². The van der Waals surface area contributed by atoms with Gasteiger partial charge in [0.25, 0.3) is 5.91 Å². The average Bonchev–Trinajstić information content (AvgIpc) is 3.32. The van der Waals surface area contributed by atoms with E-state index in [4.69, 9.17) is 9.47 Å². The van der Waals surface area contributed by atoms with Crippen LogP contribution in [0.25, 0.3) is 5.69 Å². The predicted molar refractivity (Wildman–Crippen MR) is 124 cm³/mol. The highest BCUT2D eigenvalue weighted by Crippen LogP contribution is 2.24. The first-order valence-corrected chi connectivity index (χ1v) is 11.1. The SMILES string of the molecule is COc1cccc(Oc2ccc(CNC(=O)c3ccc(-n4ccnc4SC)cc3)cn2)c1. The molecule has 0 atom stereocenters. The maximum absolute atomic E-state index is 12.5. The van der Waals surface area contributed by atoms with Crippen molar-refractivity contribution in [2.75, 3.05) is 13.4 Å². The molecule has 7 nitrogen and oxygen atoms in total. The second-order valence-electron chi connectivity index (χ2n) is 6.80. The van der Waals surface area contributed by atoms with Crippen molar-refractivity contribution >= 4 is 17.7 Å². The monoisotopic (exact) mass is 446 g/mol. The highest BCUT2D eigenvalue weighted by atomic mass is 32.2. The van der Waals surface area contributed by atoms with E-state index in [0.29, 0.717) is 29.5 Å². The molecular weight excluding hydrogens is 424 g/mol. The maximum Gasteiger partial charge on any atom is 0.251 e. The normalized spacial score (nSPS) is 10.6. The molecule has 1 amide bonds. The molecule has 8 heteroatoms. The molecule has 0 radical (unpaired) electrons. The van der Waals surface area contributed by atoms with Crippen LogP contribution >= 0.6 is 11.8 Å². The number of imidazole rings is 1. The maximum atomic E-state index is 12.5. The smallest absolute Gasteiger partial charge is 0.251 e. The van der Waals surface area contributed by atoms with Crippen molar-refractivity contribution in [3.63, 3.8) is 0 Å². The molecule has 0 unspecified atom stereocenters. The van der Waals surface area contributed by atoms with E-state index < -0.39 is 0 Å². The Morgan fingerprint density at radius 3 is 2.59 bits per heavy atom. The lowest BCUT2D eigenvalue weighted by molar-refractivity contribution is 0.0951. The number of amides is 1. The topological polar surface area (TPSA) is 78.3 Å². The number of nitrogens with one attached hydrogen (secondary N) is 1. The summed E-state index contributed by atoms with van der Waals surface area (Å²) in [6.45, 7) is 0.366. The van der Waals surface area contributed by atoms with E-state index in [-0.39, 0.29) is 5.91 Å². The number of rotatable bonds is 8. The quantitative estimate of drug-likeness (QED) is 0.395. The van der Waals surface area contributed by atoms with Crippen LogP contribution in [0.3, 0.4) is 0 Å². The van der Waals surface area contributed by atoms with Crippen molar-refractivity contribution in [3.8, 4) is 23.1 Å². The van der Waals surface area contributed by atoms with Gasteiger partial charge in [0.15, 0.2) is 5.16 Å². The fraction of sp³-hybridized carbons (Fsp3) is 0.125. The number of hydrogen-bond acceptors (Lipinski definition) is 6. The van der Waals surface area contributed by atoms with Gasteiger partial charge in [-0.25, -0.2) is 9.97 Å². The molecule has 4 aromatic rings. The minimum Gasteiger partial charge on any atom is -0.497 e. The van der Waals surface area contributed by atoms with Gasteiger partial charge >= 0.3 is 0 Å². The van der Waals surface area contributed by atoms with Crippen LogP contribution in [-0.2, 0) is 6.54 Å². The summed E-state index contributed by atoms with van der Waals surface area (Å²) in [5.41, 5.74) is 2.42. The van der Waals surface area contributed by atoms with Gasteiger partial charge in [0.2, 0.25) is 5.88 Å². The van der Waals surface area contributed by atoms with Gasteiger partial charge in [0.05, 0.1) is 7.11 Å². The predicted octanol–water partition coefficient (Wildman–Crippen LogP) is 4.72. The number of pyridine rings is 1. The molecule has 4 rings (SSSR count). The molecule has 0 aliphatic rings. The molecule has 1 N–H and O–H groups in total. The third-order valence-electron chi connectivity index (χ3n) is 4.71. The molecule has 0 bridgehead atoms. The number of nitrogens with zero attached hydrogens (tertiary/aromatic N) is 3. The first-order valence-electron chi connectivity index (χ1n) is 9.89. The molecule has 0 aliphatic carbocycles. The van der Waals surface area contributed by atoms with E-state index in [9.17, 15) is 4.79 Å². The average molecular weight is 447 g/mol. The number of methoxy groups -OCH3 is 1. The molecular formula is C24H22N4O3S. The second-order valence-corrected chi connectivity index (χ2v) is 7.57. The fourth-order valence-electron chi connectivity index (χ4n) is 3.06. The molecule has 2 heterocycles. The van der Waals surface area contributed by atoms with E-state index in [1.54, 1.807) is 55.5 Å². The Labute approximate surface area is 190 Å². The lowest BCUT2D eigenvalue weighted by atomic mass is 10.2. The van der Waals surface area contributed by atoms with Crippen molar-refractivity contribution < 1.29 is 14.3 Å². The van der Waals surface area contributed by atoms with Crippen LogP contribution in [0.1, 0.15) is 15.9 Å². The summed E-state index contributed by atoms with van der Waals surface area (Å²) in [4.78, 5) is 21.1. The number of aromatic nitrogens is 3. The summed E-state index contributed by atoms with van der Waals surface area (Å²) >= 11 is 1.57. The third kappa shape index (κ3) is 5.09. The van der Waals surface area contributed by atoms with Crippen molar-refractivity contribution in [1.29, 1.82) is 0 Å². The van der Waals surface area contributed by atoms with Gasteiger partial charge in [0.1, 0.15) is 11.5 Å². The number of carbonyl (C=O) groups excluding carboxylic acids is 1. The second kappa shape index (κ2) is 10.0. The van der Waals surface area contributed by atoms with E-state index >= 15 is 0 Å². The van der Waals surface area contributed by atoms with Crippen molar-refractivity contribution in [2.45, 2.75) is 11.7 Å². The van der Waals surface area contributed by atoms with Gasteiger partial charge in [-0.2, -0.15) is 0 Å². The first kappa shape index (κ1) is 21.5. The Balaban J connectivity index is 1.33. The standard InChI is InChI=1S/C24H22N4O3S/c1-30-20-4-3-5-21(14-20)31-22-11-6-17(15-26-22)16-27-23(29)18-7-9-19(10-8-18)28-13-12-25-24(28)32-2/h3-15H,16H2,1-2H3,(H,27,29). The van der Waals surface area contributed by atoms with Gasteiger partial charge in [-0.1, -0.05) is 23.9 Å². The Kier molecular flexibility index (Phi) is 6.72. The highest BCUT2D eigenvalue weighted by molar-refractivity contribution is 7.98. The van der Waals surface area contributed by atoms with Crippen molar-refractivity contribution in [2.24, 2.45) is 0 Å². The van der Waals surface area contributed by atoms with Crippen molar-refractivity contribution in [1.82, 2.24) is 19.9 Å². The molecule has 2 aromatic heterocycles. The summed E-state index contributed by atoms with van der Waals surface area (Å²) in [7, 11) is 1.61. The largest absolute Gasteiger partial charge is 0.497 e. The Morgan fingerprint density at radius 2 is 1.88 bits per heavy atom. The van der Waals surface area contributed by atoms with Crippen LogP contribution in [0.5, 0.6) is 17.4 Å². The molecule has 0 fully saturated rings. The van der Waals surface area contributed by atoms with Gasteiger partial charge in [0, 0.05) is 48.5 Å². The molecule has 0 saturated heterocycles. The van der Waals surface area contributed by atoms with Crippen LogP contribution < -0.4 is 14.8 Å². The first-order chi connectivity index (χ1) is 15.7. The lowest BCUT2D eigenvalue weighted by Crippen LogP contribution is -2.22. The number of carbonyl (C=O) groups is 1. The van der Waals surface area contributed by atoms with Crippen LogP contribution in [0, 0.1) is 0 Å². The molecule has 2 aromatic carbocycles. The molecule has 162 valence electrons. The highest BCUT2D eigenvalue weighted by Gasteiger charge is 2.08. The number of hydrogen-bond donors (Lipinski definition) is 1. The zero-order valence-electron chi connectivity index (χ0n) is 17.7. The molecule has 32 heavy (non-hydrogen) atoms. The number of benzene rings is 2. The molecule has 0 aliphatic heterocycles. The van der Waals surface area contributed by atoms with Crippen LogP contribution in [0.2, 0.25) is 0 Å². The van der Waals surface area contributed by atoms with Gasteiger partial charge in [-0.05, 0) is 48.2 Å². The van der Waals surface area contributed by atoms with Gasteiger partial charge in [-0.15, -0.1) is 0 Å². The summed E-state index contributed by atoms with van der Waals surface area (Å²) < 4.78 is 12.9. The summed E-state index contributed by atoms with van der Waals surface area (Å²) in [6, 6.07) is 18.4. The summed E-state index contributed by atoms with van der Waals surface area (Å²) in [5, 5.41) is 3.81. The third-order valence-corrected chi connectivity index (χ3v) is 5.38. The number of ether oxygens (including phenoxy) is 2. The number of thioether (sulfide) groups is 1. The zero-order chi connectivity index (χ0) is 22.3.